The van der Waals surface area contributed by atoms with E-state index in [0.29, 0.717) is 6.04 Å². The van der Waals surface area contributed by atoms with Crippen LogP contribution in [0.2, 0.25) is 0 Å². The van der Waals surface area contributed by atoms with E-state index >= 15 is 0 Å². The van der Waals surface area contributed by atoms with Crippen LogP contribution in [0.15, 0.2) is 12.3 Å². The van der Waals surface area contributed by atoms with Crippen molar-refractivity contribution in [3.63, 3.8) is 0 Å². The molecule has 1 aromatic rings. The quantitative estimate of drug-likeness (QED) is 0.846. The molecule has 1 fully saturated rings. The lowest BCUT2D eigenvalue weighted by Gasteiger charge is -2.34. The van der Waals surface area contributed by atoms with Gasteiger partial charge < -0.3 is 5.32 Å². The highest BCUT2D eigenvalue weighted by Gasteiger charge is 2.28. The molecule has 1 aromatic heterocycles. The summed E-state index contributed by atoms with van der Waals surface area (Å²) in [6, 6.07) is 2.66. The molecular weight excluding hydrogens is 234 g/mol. The van der Waals surface area contributed by atoms with E-state index in [1.807, 2.05) is 6.20 Å². The van der Waals surface area contributed by atoms with Gasteiger partial charge in [-0.3, -0.25) is 4.68 Å². The van der Waals surface area contributed by atoms with E-state index < -0.39 is 0 Å². The average molecular weight is 263 g/mol. The summed E-state index contributed by atoms with van der Waals surface area (Å²) in [5, 5.41) is 7.95. The van der Waals surface area contributed by atoms with E-state index in [2.05, 4.69) is 42.1 Å². The van der Waals surface area contributed by atoms with Crippen LogP contribution in [-0.4, -0.2) is 16.8 Å². The summed E-state index contributed by atoms with van der Waals surface area (Å²) in [7, 11) is 2.09. The minimum atomic E-state index is 0.477. The van der Waals surface area contributed by atoms with E-state index in [1.54, 1.807) is 0 Å². The number of rotatable bonds is 6. The molecule has 3 nitrogen and oxygen atoms in total. The number of nitrogens with zero attached hydrogens (tertiary/aromatic N) is 2. The van der Waals surface area contributed by atoms with Crippen molar-refractivity contribution in [1.29, 1.82) is 0 Å². The molecule has 0 aliphatic heterocycles. The van der Waals surface area contributed by atoms with Crippen molar-refractivity contribution in [2.45, 2.75) is 65.0 Å². The van der Waals surface area contributed by atoms with Gasteiger partial charge in [-0.05, 0) is 44.7 Å². The number of hydrogen-bond acceptors (Lipinski definition) is 2. The van der Waals surface area contributed by atoms with Gasteiger partial charge in [-0.25, -0.2) is 0 Å². The molecule has 0 amide bonds. The predicted octanol–water partition coefficient (Wildman–Crippen LogP) is 3.77. The Bertz CT molecular complexity index is 364. The Morgan fingerprint density at radius 1 is 1.32 bits per heavy atom. The van der Waals surface area contributed by atoms with Gasteiger partial charge in [-0.1, -0.05) is 32.6 Å². The summed E-state index contributed by atoms with van der Waals surface area (Å²) in [6.45, 7) is 5.44. The molecule has 1 N–H and O–H groups in total. The fourth-order valence-electron chi connectivity index (χ4n) is 3.71. The van der Waals surface area contributed by atoms with Gasteiger partial charge in [0.2, 0.25) is 0 Å². The van der Waals surface area contributed by atoms with Gasteiger partial charge in [0, 0.05) is 12.7 Å². The van der Waals surface area contributed by atoms with Crippen LogP contribution < -0.4 is 5.32 Å². The largest absolute Gasteiger partial charge is 0.311 e. The van der Waals surface area contributed by atoms with Gasteiger partial charge in [0.15, 0.2) is 0 Å². The van der Waals surface area contributed by atoms with Gasteiger partial charge in [0.1, 0.15) is 0 Å². The van der Waals surface area contributed by atoms with E-state index in [0.717, 1.165) is 18.4 Å². The maximum atomic E-state index is 4.42. The maximum Gasteiger partial charge on any atom is 0.0556 e. The van der Waals surface area contributed by atoms with Crippen LogP contribution in [0.4, 0.5) is 0 Å². The van der Waals surface area contributed by atoms with Crippen LogP contribution in [0.25, 0.3) is 0 Å². The fourth-order valence-corrected chi connectivity index (χ4v) is 3.71. The lowest BCUT2D eigenvalue weighted by molar-refractivity contribution is 0.214. The van der Waals surface area contributed by atoms with Gasteiger partial charge in [-0.15, -0.1) is 0 Å². The first-order valence-corrected chi connectivity index (χ1v) is 7.99. The molecule has 1 aliphatic rings. The molecule has 3 heteroatoms. The predicted molar refractivity (Wildman–Crippen MR) is 80.1 cm³/mol. The van der Waals surface area contributed by atoms with Gasteiger partial charge in [0.05, 0.1) is 11.7 Å². The second-order valence-corrected chi connectivity index (χ2v) is 5.91. The van der Waals surface area contributed by atoms with Gasteiger partial charge in [-0.2, -0.15) is 5.10 Å². The monoisotopic (exact) mass is 263 g/mol. The zero-order valence-electron chi connectivity index (χ0n) is 12.7. The Balaban J connectivity index is 2.00. The van der Waals surface area contributed by atoms with Crippen LogP contribution in [0.5, 0.6) is 0 Å². The first kappa shape index (κ1) is 14.6. The molecule has 1 heterocycles. The third kappa shape index (κ3) is 3.38. The lowest BCUT2D eigenvalue weighted by Crippen LogP contribution is -2.30. The van der Waals surface area contributed by atoms with Crippen LogP contribution >= 0.6 is 0 Å². The zero-order valence-corrected chi connectivity index (χ0v) is 12.7. The summed E-state index contributed by atoms with van der Waals surface area (Å²) in [5.41, 5.74) is 1.36. The lowest BCUT2D eigenvalue weighted by atomic mass is 9.76. The van der Waals surface area contributed by atoms with Crippen LogP contribution in [0.1, 0.15) is 64.1 Å². The SMILES string of the molecule is CCCC1CCC(C(NC)c2ccnn2CC)CC1. The molecule has 0 radical (unpaired) electrons. The van der Waals surface area contributed by atoms with Crippen molar-refractivity contribution < 1.29 is 0 Å². The average Bonchev–Trinajstić information content (AvgIpc) is 2.90. The molecule has 0 aromatic carbocycles. The second-order valence-electron chi connectivity index (χ2n) is 5.91. The highest BCUT2D eigenvalue weighted by Crippen LogP contribution is 2.38. The summed E-state index contributed by atoms with van der Waals surface area (Å²) in [4.78, 5) is 0. The molecule has 2 rings (SSSR count). The van der Waals surface area contributed by atoms with E-state index in [-0.39, 0.29) is 0 Å². The van der Waals surface area contributed by atoms with Crippen molar-refractivity contribution in [1.82, 2.24) is 15.1 Å². The zero-order chi connectivity index (χ0) is 13.7. The van der Waals surface area contributed by atoms with Crippen molar-refractivity contribution in [3.05, 3.63) is 18.0 Å². The fraction of sp³-hybridized carbons (Fsp3) is 0.812. The van der Waals surface area contributed by atoms with E-state index in [1.165, 1.54) is 44.2 Å². The number of nitrogens with one attached hydrogen (secondary N) is 1. The van der Waals surface area contributed by atoms with Crippen LogP contribution in [-0.2, 0) is 6.54 Å². The van der Waals surface area contributed by atoms with Crippen molar-refractivity contribution in [3.8, 4) is 0 Å². The highest BCUT2D eigenvalue weighted by molar-refractivity contribution is 5.09. The molecule has 1 saturated carbocycles. The Kier molecular flexibility index (Phi) is 5.44. The molecule has 19 heavy (non-hydrogen) atoms. The minimum absolute atomic E-state index is 0.477. The molecule has 1 unspecified atom stereocenters. The Morgan fingerprint density at radius 2 is 2.05 bits per heavy atom. The van der Waals surface area contributed by atoms with Crippen LogP contribution in [0, 0.1) is 11.8 Å². The van der Waals surface area contributed by atoms with Crippen molar-refractivity contribution >= 4 is 0 Å². The number of aryl methyl sites for hydroxylation is 1. The third-order valence-corrected chi connectivity index (χ3v) is 4.74. The summed E-state index contributed by atoms with van der Waals surface area (Å²) in [6.07, 6.45) is 10.3. The summed E-state index contributed by atoms with van der Waals surface area (Å²) < 4.78 is 2.14. The molecule has 0 bridgehead atoms. The topological polar surface area (TPSA) is 29.9 Å². The Hall–Kier alpha value is -0.830. The Labute approximate surface area is 117 Å². The second kappa shape index (κ2) is 7.09. The standard InChI is InChI=1S/C16H29N3/c1-4-6-13-7-9-14(10-8-13)16(17-3)15-11-12-18-19(15)5-2/h11-14,16-17H,4-10H2,1-3H3. The third-order valence-electron chi connectivity index (χ3n) is 4.74. The molecule has 108 valence electrons. The number of hydrogen-bond donors (Lipinski definition) is 1. The van der Waals surface area contributed by atoms with E-state index in [9.17, 15) is 0 Å². The van der Waals surface area contributed by atoms with Crippen LogP contribution in [0.3, 0.4) is 0 Å². The summed E-state index contributed by atoms with van der Waals surface area (Å²) >= 11 is 0. The highest BCUT2D eigenvalue weighted by atomic mass is 15.3. The molecule has 1 aliphatic carbocycles. The molecule has 1 atom stereocenters. The molecular formula is C16H29N3. The van der Waals surface area contributed by atoms with Crippen molar-refractivity contribution in [2.75, 3.05) is 7.05 Å². The van der Waals surface area contributed by atoms with Crippen molar-refractivity contribution in [2.24, 2.45) is 11.8 Å². The first-order chi connectivity index (χ1) is 9.30. The summed E-state index contributed by atoms with van der Waals surface area (Å²) in [5.74, 6) is 1.76. The maximum absolute atomic E-state index is 4.42. The van der Waals surface area contributed by atoms with E-state index in [4.69, 9.17) is 0 Å². The normalized spacial score (nSPS) is 25.4. The Morgan fingerprint density at radius 3 is 2.63 bits per heavy atom. The van der Waals surface area contributed by atoms with Gasteiger partial charge >= 0.3 is 0 Å². The van der Waals surface area contributed by atoms with Gasteiger partial charge in [0.25, 0.3) is 0 Å². The minimum Gasteiger partial charge on any atom is -0.311 e. The smallest absolute Gasteiger partial charge is 0.0556 e. The first-order valence-electron chi connectivity index (χ1n) is 7.99. The molecule has 0 spiro atoms. The number of aromatic nitrogens is 2. The molecule has 0 saturated heterocycles.